The van der Waals surface area contributed by atoms with Crippen molar-refractivity contribution in [2.24, 2.45) is 0 Å². The van der Waals surface area contributed by atoms with Crippen LogP contribution in [0.25, 0.3) is 11.0 Å². The first kappa shape index (κ1) is 16.4. The van der Waals surface area contributed by atoms with E-state index in [4.69, 9.17) is 0 Å². The van der Waals surface area contributed by atoms with Gasteiger partial charge in [-0.2, -0.15) is 5.10 Å². The Morgan fingerprint density at radius 1 is 1.41 bits per heavy atom. The van der Waals surface area contributed by atoms with Crippen molar-refractivity contribution in [3.8, 4) is 0 Å². The number of hydrogen-bond acceptors (Lipinski definition) is 4. The third-order valence-electron chi connectivity index (χ3n) is 3.68. The van der Waals surface area contributed by atoms with E-state index in [1.807, 2.05) is 10.7 Å². The maximum absolute atomic E-state index is 11.2. The monoisotopic (exact) mass is 304 g/mol. The zero-order chi connectivity index (χ0) is 16.1. The number of aliphatic carboxylic acids is 1. The molecule has 120 valence electrons. The second-order valence-corrected chi connectivity index (χ2v) is 5.85. The summed E-state index contributed by atoms with van der Waals surface area (Å²) in [6, 6.07) is 1.77. The lowest BCUT2D eigenvalue weighted by Gasteiger charge is -2.14. The van der Waals surface area contributed by atoms with Crippen LogP contribution in [-0.2, 0) is 11.3 Å². The molecule has 0 aliphatic rings. The Kier molecular flexibility index (Phi) is 5.49. The first-order chi connectivity index (χ1) is 10.5. The van der Waals surface area contributed by atoms with E-state index >= 15 is 0 Å². The van der Waals surface area contributed by atoms with Crippen molar-refractivity contribution in [2.75, 3.05) is 0 Å². The van der Waals surface area contributed by atoms with E-state index in [2.05, 4.69) is 36.2 Å². The molecule has 2 aromatic rings. The van der Waals surface area contributed by atoms with E-state index in [1.165, 1.54) is 0 Å². The first-order valence-electron chi connectivity index (χ1n) is 7.81. The topological polar surface area (TPSA) is 80.0 Å². The average Bonchev–Trinajstić information content (AvgIpc) is 2.90. The van der Waals surface area contributed by atoms with Crippen molar-refractivity contribution < 1.29 is 9.90 Å². The van der Waals surface area contributed by atoms with Crippen LogP contribution in [0.1, 0.15) is 51.6 Å². The molecule has 0 fully saturated rings. The number of carboxylic acid groups (broad SMARTS) is 1. The Labute approximate surface area is 130 Å². The Bertz CT molecular complexity index is 636. The van der Waals surface area contributed by atoms with Crippen molar-refractivity contribution in [1.82, 2.24) is 20.1 Å². The number of pyridine rings is 1. The fourth-order valence-electron chi connectivity index (χ4n) is 2.42. The van der Waals surface area contributed by atoms with Gasteiger partial charge in [0.15, 0.2) is 5.65 Å². The number of nitrogens with one attached hydrogen (secondary N) is 1. The molecule has 0 saturated carbocycles. The van der Waals surface area contributed by atoms with Gasteiger partial charge in [0.05, 0.1) is 6.20 Å². The van der Waals surface area contributed by atoms with E-state index in [0.717, 1.165) is 29.4 Å². The smallest absolute Gasteiger partial charge is 0.320 e. The van der Waals surface area contributed by atoms with E-state index < -0.39 is 12.0 Å². The minimum atomic E-state index is -0.796. The minimum absolute atomic E-state index is 0.263. The first-order valence-corrected chi connectivity index (χ1v) is 7.81. The lowest BCUT2D eigenvalue weighted by atomic mass is 10.1. The van der Waals surface area contributed by atoms with Gasteiger partial charge in [0, 0.05) is 24.2 Å². The fraction of sp³-hybridized carbons (Fsp3) is 0.562. The Hall–Kier alpha value is -1.95. The Balaban J connectivity index is 2.06. The lowest BCUT2D eigenvalue weighted by molar-refractivity contribution is -0.139. The second kappa shape index (κ2) is 7.35. The largest absolute Gasteiger partial charge is 0.480 e. The molecular weight excluding hydrogens is 280 g/mol. The van der Waals surface area contributed by atoms with Crippen molar-refractivity contribution >= 4 is 17.0 Å². The average molecular weight is 304 g/mol. The molecule has 0 unspecified atom stereocenters. The number of carbonyl (C=O) groups is 1. The lowest BCUT2D eigenvalue weighted by Crippen LogP contribution is -2.36. The number of hydrogen-bond donors (Lipinski definition) is 2. The van der Waals surface area contributed by atoms with Gasteiger partial charge >= 0.3 is 5.97 Å². The van der Waals surface area contributed by atoms with Gasteiger partial charge in [-0.15, -0.1) is 0 Å². The van der Waals surface area contributed by atoms with Crippen LogP contribution in [0.15, 0.2) is 18.5 Å². The molecule has 0 saturated heterocycles. The van der Waals surface area contributed by atoms with Gasteiger partial charge in [-0.05, 0) is 31.9 Å². The summed E-state index contributed by atoms with van der Waals surface area (Å²) in [7, 11) is 0. The quantitative estimate of drug-likeness (QED) is 0.784. The van der Waals surface area contributed by atoms with Crippen LogP contribution < -0.4 is 5.32 Å². The van der Waals surface area contributed by atoms with Gasteiger partial charge < -0.3 is 10.4 Å². The molecule has 2 heterocycles. The molecule has 6 heteroatoms. The third-order valence-corrected chi connectivity index (χ3v) is 3.68. The summed E-state index contributed by atoms with van der Waals surface area (Å²) in [5, 5.41) is 17.6. The molecule has 0 bridgehead atoms. The summed E-state index contributed by atoms with van der Waals surface area (Å²) in [4.78, 5) is 15.7. The molecule has 1 atom stereocenters. The molecule has 0 aliphatic carbocycles. The van der Waals surface area contributed by atoms with Gasteiger partial charge in [0.1, 0.15) is 6.04 Å². The van der Waals surface area contributed by atoms with Crippen LogP contribution >= 0.6 is 0 Å². The van der Waals surface area contributed by atoms with Crippen molar-refractivity contribution in [2.45, 2.75) is 58.7 Å². The molecule has 6 nitrogen and oxygen atoms in total. The number of aromatic nitrogens is 3. The molecule has 2 aromatic heterocycles. The highest BCUT2D eigenvalue weighted by atomic mass is 16.4. The zero-order valence-electron chi connectivity index (χ0n) is 13.4. The summed E-state index contributed by atoms with van der Waals surface area (Å²) in [5.41, 5.74) is 1.83. The van der Waals surface area contributed by atoms with Crippen LogP contribution in [0.2, 0.25) is 0 Å². The standard InChI is InChI=1S/C16H24N4O2/c1-4-5-6-14(16(21)22)17-8-12-7-13-10-19-20(11(2)3)15(13)18-9-12/h7,9-11,14,17H,4-6,8H2,1-3H3,(H,21,22)/t14-/m0/s1. The van der Waals surface area contributed by atoms with Crippen molar-refractivity contribution in [1.29, 1.82) is 0 Å². The number of fused-ring (bicyclic) bond motifs is 1. The summed E-state index contributed by atoms with van der Waals surface area (Å²) >= 11 is 0. The molecule has 0 aromatic carbocycles. The van der Waals surface area contributed by atoms with Crippen LogP contribution in [0.3, 0.4) is 0 Å². The normalized spacial score (nSPS) is 12.9. The highest BCUT2D eigenvalue weighted by molar-refractivity contribution is 5.75. The molecule has 2 N–H and O–H groups in total. The van der Waals surface area contributed by atoms with Gasteiger partial charge in [-0.25, -0.2) is 9.67 Å². The van der Waals surface area contributed by atoms with E-state index in [9.17, 15) is 9.90 Å². The van der Waals surface area contributed by atoms with Gasteiger partial charge in [0.2, 0.25) is 0 Å². The molecule has 0 aliphatic heterocycles. The van der Waals surface area contributed by atoms with Crippen LogP contribution in [-0.4, -0.2) is 31.9 Å². The highest BCUT2D eigenvalue weighted by Gasteiger charge is 2.16. The molecular formula is C16H24N4O2. The molecule has 0 amide bonds. The SMILES string of the molecule is CCCC[C@H](NCc1cnc2c(cnn2C(C)C)c1)C(=O)O. The Morgan fingerprint density at radius 3 is 2.82 bits per heavy atom. The summed E-state index contributed by atoms with van der Waals surface area (Å²) in [6.45, 7) is 6.68. The van der Waals surface area contributed by atoms with Gasteiger partial charge in [-0.1, -0.05) is 19.8 Å². The minimum Gasteiger partial charge on any atom is -0.480 e. The number of unbranched alkanes of at least 4 members (excludes halogenated alkanes) is 1. The Morgan fingerprint density at radius 2 is 2.18 bits per heavy atom. The second-order valence-electron chi connectivity index (χ2n) is 5.85. The van der Waals surface area contributed by atoms with Crippen LogP contribution in [0.4, 0.5) is 0 Å². The molecule has 0 radical (unpaired) electrons. The van der Waals surface area contributed by atoms with Crippen molar-refractivity contribution in [3.05, 3.63) is 24.0 Å². The maximum atomic E-state index is 11.2. The molecule has 2 rings (SSSR count). The number of rotatable bonds is 8. The van der Waals surface area contributed by atoms with Gasteiger partial charge in [0.25, 0.3) is 0 Å². The fourth-order valence-corrected chi connectivity index (χ4v) is 2.42. The highest BCUT2D eigenvalue weighted by Crippen LogP contribution is 2.16. The van der Waals surface area contributed by atoms with E-state index in [-0.39, 0.29) is 6.04 Å². The molecule has 22 heavy (non-hydrogen) atoms. The maximum Gasteiger partial charge on any atom is 0.320 e. The van der Waals surface area contributed by atoms with Gasteiger partial charge in [-0.3, -0.25) is 4.79 Å². The zero-order valence-corrected chi connectivity index (χ0v) is 13.4. The predicted octanol–water partition coefficient (Wildman–Crippen LogP) is 2.75. The summed E-state index contributed by atoms with van der Waals surface area (Å²) < 4.78 is 1.88. The third kappa shape index (κ3) is 3.82. The van der Waals surface area contributed by atoms with E-state index in [0.29, 0.717) is 13.0 Å². The summed E-state index contributed by atoms with van der Waals surface area (Å²) in [5.74, 6) is -0.796. The predicted molar refractivity (Wildman–Crippen MR) is 85.7 cm³/mol. The number of nitrogens with zero attached hydrogens (tertiary/aromatic N) is 3. The summed E-state index contributed by atoms with van der Waals surface area (Å²) in [6.07, 6.45) is 6.13. The van der Waals surface area contributed by atoms with Crippen LogP contribution in [0.5, 0.6) is 0 Å². The number of carboxylic acids is 1. The molecule has 0 spiro atoms. The van der Waals surface area contributed by atoms with E-state index in [1.54, 1.807) is 12.4 Å². The van der Waals surface area contributed by atoms with Crippen LogP contribution in [0, 0.1) is 0 Å². The van der Waals surface area contributed by atoms with Crippen molar-refractivity contribution in [3.63, 3.8) is 0 Å².